The van der Waals surface area contributed by atoms with Gasteiger partial charge in [-0.15, -0.1) is 11.6 Å². The molecule has 0 saturated heterocycles. The molecule has 0 aliphatic rings. The second-order valence-electron chi connectivity index (χ2n) is 5.69. The van der Waals surface area contributed by atoms with E-state index in [1.54, 1.807) is 13.3 Å². The second-order valence-corrected chi connectivity index (χ2v) is 6.07. The van der Waals surface area contributed by atoms with Crippen molar-refractivity contribution >= 4 is 22.6 Å². The SMILES string of the molecule is COc1ccc2c(c1)nc(-c1cc[nH]n1)n2-c1ccc(CCCl)cc1. The molecule has 126 valence electrons. The maximum atomic E-state index is 5.84. The molecule has 0 radical (unpaired) electrons. The first kappa shape index (κ1) is 15.7. The Kier molecular flexibility index (Phi) is 4.15. The van der Waals surface area contributed by atoms with Gasteiger partial charge in [0.15, 0.2) is 5.82 Å². The fourth-order valence-electron chi connectivity index (χ4n) is 2.93. The van der Waals surface area contributed by atoms with Crippen LogP contribution in [0.15, 0.2) is 54.7 Å². The summed E-state index contributed by atoms with van der Waals surface area (Å²) < 4.78 is 7.43. The number of imidazole rings is 1. The highest BCUT2D eigenvalue weighted by molar-refractivity contribution is 6.17. The first-order valence-corrected chi connectivity index (χ1v) is 8.55. The van der Waals surface area contributed by atoms with Gasteiger partial charge in [0.05, 0.1) is 18.1 Å². The summed E-state index contributed by atoms with van der Waals surface area (Å²) >= 11 is 5.84. The first-order chi connectivity index (χ1) is 12.3. The number of rotatable bonds is 5. The molecule has 0 unspecified atom stereocenters. The van der Waals surface area contributed by atoms with Crippen molar-refractivity contribution in [2.24, 2.45) is 0 Å². The number of fused-ring (bicyclic) bond motifs is 1. The van der Waals surface area contributed by atoms with Crippen molar-refractivity contribution in [1.29, 1.82) is 0 Å². The number of methoxy groups -OCH3 is 1. The zero-order valence-corrected chi connectivity index (χ0v) is 14.5. The van der Waals surface area contributed by atoms with Crippen molar-refractivity contribution in [1.82, 2.24) is 19.7 Å². The summed E-state index contributed by atoms with van der Waals surface area (Å²) in [7, 11) is 1.66. The van der Waals surface area contributed by atoms with E-state index in [0.717, 1.165) is 40.4 Å². The van der Waals surface area contributed by atoms with Crippen LogP contribution in [-0.2, 0) is 6.42 Å². The predicted molar refractivity (Wildman–Crippen MR) is 99.6 cm³/mol. The summed E-state index contributed by atoms with van der Waals surface area (Å²) in [5.74, 6) is 2.18. The Labute approximate surface area is 150 Å². The van der Waals surface area contributed by atoms with Crippen molar-refractivity contribution in [3.8, 4) is 23.0 Å². The molecule has 2 heterocycles. The molecule has 2 aromatic heterocycles. The van der Waals surface area contributed by atoms with Gasteiger partial charge in [-0.3, -0.25) is 9.67 Å². The van der Waals surface area contributed by atoms with Gasteiger partial charge in [0.2, 0.25) is 0 Å². The smallest absolute Gasteiger partial charge is 0.166 e. The number of benzene rings is 2. The zero-order valence-electron chi connectivity index (χ0n) is 13.7. The van der Waals surface area contributed by atoms with Gasteiger partial charge in [-0.25, -0.2) is 4.98 Å². The summed E-state index contributed by atoms with van der Waals surface area (Å²) in [6.07, 6.45) is 2.65. The number of nitrogens with zero attached hydrogens (tertiary/aromatic N) is 3. The number of nitrogens with one attached hydrogen (secondary N) is 1. The van der Waals surface area contributed by atoms with Crippen molar-refractivity contribution in [2.75, 3.05) is 13.0 Å². The van der Waals surface area contributed by atoms with E-state index in [9.17, 15) is 0 Å². The Morgan fingerprint density at radius 3 is 2.64 bits per heavy atom. The van der Waals surface area contributed by atoms with E-state index >= 15 is 0 Å². The molecule has 2 aromatic carbocycles. The molecular formula is C19H17ClN4O. The van der Waals surface area contributed by atoms with E-state index in [0.29, 0.717) is 5.88 Å². The number of hydrogen-bond acceptors (Lipinski definition) is 3. The van der Waals surface area contributed by atoms with Gasteiger partial charge in [-0.05, 0) is 42.3 Å². The number of aryl methyl sites for hydroxylation is 1. The van der Waals surface area contributed by atoms with Crippen molar-refractivity contribution in [3.05, 3.63) is 60.3 Å². The monoisotopic (exact) mass is 352 g/mol. The molecule has 0 saturated carbocycles. The van der Waals surface area contributed by atoms with Gasteiger partial charge >= 0.3 is 0 Å². The maximum absolute atomic E-state index is 5.84. The van der Waals surface area contributed by atoms with Crippen molar-refractivity contribution in [2.45, 2.75) is 6.42 Å². The molecule has 1 N–H and O–H groups in total. The minimum atomic E-state index is 0.617. The van der Waals surface area contributed by atoms with Crippen LogP contribution in [-0.4, -0.2) is 32.7 Å². The number of aromatic nitrogens is 4. The highest BCUT2D eigenvalue weighted by Gasteiger charge is 2.16. The number of ether oxygens (including phenoxy) is 1. The third-order valence-electron chi connectivity index (χ3n) is 4.17. The van der Waals surface area contributed by atoms with Crippen LogP contribution >= 0.6 is 11.6 Å². The average Bonchev–Trinajstić information content (AvgIpc) is 3.29. The molecule has 0 aliphatic heterocycles. The molecule has 0 fully saturated rings. The highest BCUT2D eigenvalue weighted by atomic mass is 35.5. The van der Waals surface area contributed by atoms with E-state index in [-0.39, 0.29) is 0 Å². The topological polar surface area (TPSA) is 55.7 Å². The number of aromatic amines is 1. The van der Waals surface area contributed by atoms with Crippen LogP contribution in [0.3, 0.4) is 0 Å². The normalized spacial score (nSPS) is 11.1. The van der Waals surface area contributed by atoms with Crippen molar-refractivity contribution < 1.29 is 4.74 Å². The van der Waals surface area contributed by atoms with Crippen LogP contribution in [0.25, 0.3) is 28.2 Å². The molecule has 0 atom stereocenters. The van der Waals surface area contributed by atoms with Crippen molar-refractivity contribution in [3.63, 3.8) is 0 Å². The molecule has 5 nitrogen and oxygen atoms in total. The van der Waals surface area contributed by atoms with Gasteiger partial charge in [0.25, 0.3) is 0 Å². The van der Waals surface area contributed by atoms with Gasteiger partial charge in [0, 0.05) is 23.8 Å². The number of halogens is 1. The third kappa shape index (κ3) is 2.87. The summed E-state index contributed by atoms with van der Waals surface area (Å²) in [5, 5.41) is 7.16. The molecule has 4 aromatic rings. The Bertz CT molecular complexity index is 990. The highest BCUT2D eigenvalue weighted by Crippen LogP contribution is 2.29. The number of hydrogen-bond donors (Lipinski definition) is 1. The molecule has 0 bridgehead atoms. The zero-order chi connectivity index (χ0) is 17.2. The van der Waals surface area contributed by atoms with Gasteiger partial charge in [0.1, 0.15) is 11.4 Å². The Balaban J connectivity index is 1.92. The molecule has 0 aliphatic carbocycles. The summed E-state index contributed by atoms with van der Waals surface area (Å²) in [6, 6.07) is 16.2. The van der Waals surface area contributed by atoms with Gasteiger partial charge < -0.3 is 4.74 Å². The molecular weight excluding hydrogens is 336 g/mol. The number of H-pyrrole nitrogens is 1. The van der Waals surface area contributed by atoms with E-state index < -0.39 is 0 Å². The lowest BCUT2D eigenvalue weighted by atomic mass is 10.1. The largest absolute Gasteiger partial charge is 0.497 e. The summed E-state index contributed by atoms with van der Waals surface area (Å²) in [6.45, 7) is 0. The molecule has 0 spiro atoms. The second kappa shape index (κ2) is 6.61. The Morgan fingerprint density at radius 2 is 1.96 bits per heavy atom. The lowest BCUT2D eigenvalue weighted by molar-refractivity contribution is 0.415. The number of alkyl halides is 1. The van der Waals surface area contributed by atoms with Gasteiger partial charge in [-0.1, -0.05) is 12.1 Å². The molecule has 0 amide bonds. The lowest BCUT2D eigenvalue weighted by Gasteiger charge is -2.09. The Hall–Kier alpha value is -2.79. The van der Waals surface area contributed by atoms with Gasteiger partial charge in [-0.2, -0.15) is 5.10 Å². The quantitative estimate of drug-likeness (QED) is 0.547. The first-order valence-electron chi connectivity index (χ1n) is 8.02. The fraction of sp³-hybridized carbons (Fsp3) is 0.158. The molecule has 25 heavy (non-hydrogen) atoms. The van der Waals surface area contributed by atoms with Crippen LogP contribution < -0.4 is 4.74 Å². The van der Waals surface area contributed by atoms with E-state index in [1.807, 2.05) is 24.3 Å². The lowest BCUT2D eigenvalue weighted by Crippen LogP contribution is -1.98. The third-order valence-corrected chi connectivity index (χ3v) is 4.36. The van der Waals surface area contributed by atoms with E-state index in [4.69, 9.17) is 21.3 Å². The molecule has 6 heteroatoms. The van der Waals surface area contributed by atoms with Crippen LogP contribution in [0.4, 0.5) is 0 Å². The minimum Gasteiger partial charge on any atom is -0.497 e. The summed E-state index contributed by atoms with van der Waals surface area (Å²) in [4.78, 5) is 4.78. The van der Waals surface area contributed by atoms with Crippen LogP contribution in [0, 0.1) is 0 Å². The van der Waals surface area contributed by atoms with Crippen LogP contribution in [0.1, 0.15) is 5.56 Å². The Morgan fingerprint density at radius 1 is 1.12 bits per heavy atom. The summed E-state index contributed by atoms with van der Waals surface area (Å²) in [5.41, 5.74) is 4.90. The predicted octanol–water partition coefficient (Wildman–Crippen LogP) is 4.21. The fourth-order valence-corrected chi connectivity index (χ4v) is 3.14. The van der Waals surface area contributed by atoms with Crippen LogP contribution in [0.5, 0.6) is 5.75 Å². The average molecular weight is 353 g/mol. The van der Waals surface area contributed by atoms with E-state index in [2.05, 4.69) is 39.0 Å². The molecule has 4 rings (SSSR count). The standard InChI is InChI=1S/C19H17ClN4O/c1-25-15-6-7-18-17(12-15)22-19(16-9-11-21-23-16)24(18)14-4-2-13(3-5-14)8-10-20/h2-7,9,11-12H,8,10H2,1H3,(H,21,23). The minimum absolute atomic E-state index is 0.617. The van der Waals surface area contributed by atoms with Crippen LogP contribution in [0.2, 0.25) is 0 Å². The van der Waals surface area contributed by atoms with E-state index in [1.165, 1.54) is 5.56 Å². The maximum Gasteiger partial charge on any atom is 0.166 e.